The third kappa shape index (κ3) is 8.36. The molecule has 0 aliphatic heterocycles. The lowest BCUT2D eigenvalue weighted by atomic mass is 10.1. The number of benzene rings is 4. The molecule has 0 aliphatic carbocycles. The van der Waals surface area contributed by atoms with Gasteiger partial charge in [0, 0.05) is 27.1 Å². The van der Waals surface area contributed by atoms with Crippen LogP contribution in [0.4, 0.5) is 10.8 Å². The van der Waals surface area contributed by atoms with E-state index in [9.17, 15) is 14.4 Å². The van der Waals surface area contributed by atoms with Crippen molar-refractivity contribution in [3.8, 4) is 11.3 Å². The maximum absolute atomic E-state index is 13.4. The predicted octanol–water partition coefficient (Wildman–Crippen LogP) is 8.26. The lowest BCUT2D eigenvalue weighted by Crippen LogP contribution is -2.30. The van der Waals surface area contributed by atoms with Crippen LogP contribution in [0.2, 0.25) is 10.0 Å². The van der Waals surface area contributed by atoms with Crippen LogP contribution in [0.3, 0.4) is 0 Å². The SMILES string of the molecule is O=C(CSc1cccc(NC(=O)/C(=C\c2cccc(Cl)c2Cl)NC(=O)c2ccccc2)c1)Nc1nc(-c2ccccc2)cs1. The number of carbonyl (C=O) groups is 3. The van der Waals surface area contributed by atoms with Gasteiger partial charge >= 0.3 is 0 Å². The minimum absolute atomic E-state index is 0.0289. The third-order valence-electron chi connectivity index (χ3n) is 6.09. The second-order valence-electron chi connectivity index (χ2n) is 9.24. The number of thioether (sulfide) groups is 1. The Bertz CT molecular complexity index is 1830. The van der Waals surface area contributed by atoms with E-state index in [-0.39, 0.29) is 22.4 Å². The van der Waals surface area contributed by atoms with Crippen molar-refractivity contribution >= 4 is 80.9 Å². The van der Waals surface area contributed by atoms with Crippen molar-refractivity contribution in [3.05, 3.63) is 135 Å². The standard InChI is InChI=1S/C33H24Cl2N4O3S2/c34-26-16-7-13-23(30(26)35)17-27(37-31(41)22-11-5-2-6-12-22)32(42)36-24-14-8-15-25(18-24)43-20-29(40)39-33-38-28(19-44-33)21-9-3-1-4-10-21/h1-19H,20H2,(H,36,42)(H,37,41)(H,38,39,40)/b27-17+. The highest BCUT2D eigenvalue weighted by Gasteiger charge is 2.17. The molecule has 3 amide bonds. The number of amides is 3. The zero-order valence-electron chi connectivity index (χ0n) is 22.9. The van der Waals surface area contributed by atoms with E-state index in [4.69, 9.17) is 23.2 Å². The van der Waals surface area contributed by atoms with E-state index < -0.39 is 11.8 Å². The van der Waals surface area contributed by atoms with Crippen LogP contribution < -0.4 is 16.0 Å². The van der Waals surface area contributed by atoms with Gasteiger partial charge in [0.25, 0.3) is 11.8 Å². The molecule has 0 aliphatic rings. The van der Waals surface area contributed by atoms with Crippen molar-refractivity contribution in [2.45, 2.75) is 4.90 Å². The monoisotopic (exact) mass is 658 g/mol. The second-order valence-corrected chi connectivity index (χ2v) is 11.9. The number of halogens is 2. The van der Waals surface area contributed by atoms with E-state index in [1.807, 2.05) is 41.8 Å². The Kier molecular flexibility index (Phi) is 10.5. The number of aromatic nitrogens is 1. The van der Waals surface area contributed by atoms with Crippen molar-refractivity contribution in [1.29, 1.82) is 0 Å². The number of nitrogens with one attached hydrogen (secondary N) is 3. The molecule has 0 radical (unpaired) electrons. The summed E-state index contributed by atoms with van der Waals surface area (Å²) in [4.78, 5) is 44.2. The molecule has 0 unspecified atom stereocenters. The number of thiazole rings is 1. The van der Waals surface area contributed by atoms with Gasteiger partial charge < -0.3 is 16.0 Å². The Hall–Kier alpha value is -4.41. The predicted molar refractivity (Wildman–Crippen MR) is 180 cm³/mol. The van der Waals surface area contributed by atoms with Crippen LogP contribution in [0.15, 0.2) is 119 Å². The van der Waals surface area contributed by atoms with Crippen molar-refractivity contribution in [1.82, 2.24) is 10.3 Å². The highest BCUT2D eigenvalue weighted by molar-refractivity contribution is 8.00. The Labute approximate surface area is 272 Å². The highest BCUT2D eigenvalue weighted by Crippen LogP contribution is 2.28. The van der Waals surface area contributed by atoms with Gasteiger partial charge in [-0.15, -0.1) is 23.1 Å². The van der Waals surface area contributed by atoms with Gasteiger partial charge in [-0.25, -0.2) is 4.98 Å². The molecular formula is C33H24Cl2N4O3S2. The Balaban J connectivity index is 1.25. The molecule has 0 saturated carbocycles. The summed E-state index contributed by atoms with van der Waals surface area (Å²) in [5, 5.41) is 11.3. The lowest BCUT2D eigenvalue weighted by molar-refractivity contribution is -0.114. The van der Waals surface area contributed by atoms with Crippen LogP contribution in [0.5, 0.6) is 0 Å². The summed E-state index contributed by atoms with van der Waals surface area (Å²) >= 11 is 15.2. The van der Waals surface area contributed by atoms with Crippen LogP contribution in [-0.2, 0) is 9.59 Å². The fourth-order valence-electron chi connectivity index (χ4n) is 3.97. The smallest absolute Gasteiger partial charge is 0.272 e. The van der Waals surface area contributed by atoms with Gasteiger partial charge in [0.2, 0.25) is 5.91 Å². The molecule has 11 heteroatoms. The number of nitrogens with zero attached hydrogens (tertiary/aromatic N) is 1. The molecule has 44 heavy (non-hydrogen) atoms. The van der Waals surface area contributed by atoms with E-state index in [0.717, 1.165) is 16.2 Å². The zero-order valence-corrected chi connectivity index (χ0v) is 26.1. The van der Waals surface area contributed by atoms with Crippen LogP contribution in [-0.4, -0.2) is 28.5 Å². The molecule has 0 bridgehead atoms. The van der Waals surface area contributed by atoms with Crippen molar-refractivity contribution < 1.29 is 14.4 Å². The molecule has 0 saturated heterocycles. The summed E-state index contributed by atoms with van der Waals surface area (Å²) in [6.07, 6.45) is 1.47. The van der Waals surface area contributed by atoms with E-state index in [1.54, 1.807) is 66.7 Å². The first-order chi connectivity index (χ1) is 21.4. The quantitative estimate of drug-likeness (QED) is 0.104. The fourth-order valence-corrected chi connectivity index (χ4v) is 5.82. The normalized spacial score (nSPS) is 11.1. The molecule has 3 N–H and O–H groups in total. The number of rotatable bonds is 10. The van der Waals surface area contributed by atoms with E-state index >= 15 is 0 Å². The van der Waals surface area contributed by atoms with Gasteiger partial charge in [-0.3, -0.25) is 14.4 Å². The fraction of sp³-hybridized carbons (Fsp3) is 0.0303. The molecule has 5 rings (SSSR count). The van der Waals surface area contributed by atoms with Crippen LogP contribution in [0.25, 0.3) is 17.3 Å². The molecular weight excluding hydrogens is 635 g/mol. The van der Waals surface area contributed by atoms with Gasteiger partial charge in [0.05, 0.1) is 21.5 Å². The van der Waals surface area contributed by atoms with Gasteiger partial charge in [0.15, 0.2) is 5.13 Å². The first-order valence-electron chi connectivity index (χ1n) is 13.2. The molecule has 220 valence electrons. The number of hydrogen-bond acceptors (Lipinski definition) is 6. The third-order valence-corrected chi connectivity index (χ3v) is 8.68. The van der Waals surface area contributed by atoms with Crippen molar-refractivity contribution in [3.63, 3.8) is 0 Å². The largest absolute Gasteiger partial charge is 0.321 e. The van der Waals surface area contributed by atoms with Gasteiger partial charge in [-0.2, -0.15) is 0 Å². The van der Waals surface area contributed by atoms with Gasteiger partial charge in [-0.1, -0.05) is 89.9 Å². The van der Waals surface area contributed by atoms with Gasteiger partial charge in [-0.05, 0) is 48.0 Å². The maximum Gasteiger partial charge on any atom is 0.272 e. The minimum Gasteiger partial charge on any atom is -0.321 e. The maximum atomic E-state index is 13.4. The average Bonchev–Trinajstić information content (AvgIpc) is 3.51. The molecule has 1 heterocycles. The van der Waals surface area contributed by atoms with Crippen LogP contribution in [0, 0.1) is 0 Å². The molecule has 0 atom stereocenters. The van der Waals surface area contributed by atoms with Crippen molar-refractivity contribution in [2.24, 2.45) is 0 Å². The highest BCUT2D eigenvalue weighted by atomic mass is 35.5. The molecule has 4 aromatic carbocycles. The topological polar surface area (TPSA) is 100 Å². The molecule has 7 nitrogen and oxygen atoms in total. The average molecular weight is 660 g/mol. The van der Waals surface area contributed by atoms with Gasteiger partial charge in [0.1, 0.15) is 5.70 Å². The number of hydrogen-bond donors (Lipinski definition) is 3. The van der Waals surface area contributed by atoms with E-state index in [2.05, 4.69) is 20.9 Å². The molecule has 5 aromatic rings. The molecule has 0 fully saturated rings. The summed E-state index contributed by atoms with van der Waals surface area (Å²) < 4.78 is 0. The Morgan fingerprint density at radius 2 is 1.57 bits per heavy atom. The number of carbonyl (C=O) groups excluding carboxylic acids is 3. The van der Waals surface area contributed by atoms with Crippen LogP contribution >= 0.6 is 46.3 Å². The Morgan fingerprint density at radius 3 is 2.34 bits per heavy atom. The Morgan fingerprint density at radius 1 is 0.841 bits per heavy atom. The molecule has 1 aromatic heterocycles. The van der Waals surface area contributed by atoms with Crippen molar-refractivity contribution in [2.75, 3.05) is 16.4 Å². The summed E-state index contributed by atoms with van der Waals surface area (Å²) in [5.74, 6) is -1.09. The summed E-state index contributed by atoms with van der Waals surface area (Å²) in [5.41, 5.74) is 3.07. The zero-order chi connectivity index (χ0) is 30.9. The van der Waals surface area contributed by atoms with E-state index in [1.165, 1.54) is 29.2 Å². The molecule has 0 spiro atoms. The minimum atomic E-state index is -0.566. The number of anilines is 2. The second kappa shape index (κ2) is 14.9. The first kappa shape index (κ1) is 31.0. The summed E-state index contributed by atoms with van der Waals surface area (Å²) in [6, 6.07) is 30.4. The summed E-state index contributed by atoms with van der Waals surface area (Å²) in [7, 11) is 0. The van der Waals surface area contributed by atoms with Crippen LogP contribution in [0.1, 0.15) is 15.9 Å². The first-order valence-corrected chi connectivity index (χ1v) is 15.8. The lowest BCUT2D eigenvalue weighted by Gasteiger charge is -2.13. The summed E-state index contributed by atoms with van der Waals surface area (Å²) in [6.45, 7) is 0. The van der Waals surface area contributed by atoms with E-state index in [0.29, 0.717) is 27.0 Å².